The topological polar surface area (TPSA) is 26.3 Å². The molecular weight excluding hydrogens is 284 g/mol. The summed E-state index contributed by atoms with van der Waals surface area (Å²) >= 11 is 0. The Morgan fingerprint density at radius 2 is 1.87 bits per heavy atom. The third kappa shape index (κ3) is 2.27. The maximum Gasteiger partial charge on any atom is 0.139 e. The maximum absolute atomic E-state index is 12.5. The molecule has 0 spiro atoms. The first-order valence-electron chi connectivity index (χ1n) is 10.1. The van der Waals surface area contributed by atoms with Crippen LogP contribution in [0.5, 0.6) is 0 Å². The first-order chi connectivity index (χ1) is 11.0. The van der Waals surface area contributed by atoms with Crippen LogP contribution in [0.15, 0.2) is 0 Å². The first kappa shape index (κ1) is 16.1. The normalized spacial score (nSPS) is 52.7. The highest BCUT2D eigenvalue weighted by Gasteiger charge is 2.60. The molecule has 4 rings (SSSR count). The zero-order valence-corrected chi connectivity index (χ0v) is 15.3. The van der Waals surface area contributed by atoms with E-state index in [1.807, 2.05) is 0 Å². The molecule has 2 heteroatoms. The molecule has 130 valence electrons. The van der Waals surface area contributed by atoms with Gasteiger partial charge in [-0.25, -0.2) is 0 Å². The minimum absolute atomic E-state index is 0.0346. The van der Waals surface area contributed by atoms with Crippen molar-refractivity contribution in [2.24, 2.45) is 34.5 Å². The van der Waals surface area contributed by atoms with E-state index in [1.165, 1.54) is 44.9 Å². The van der Waals surface area contributed by atoms with Gasteiger partial charge in [-0.1, -0.05) is 13.8 Å². The van der Waals surface area contributed by atoms with Crippen molar-refractivity contribution in [1.82, 2.24) is 0 Å². The van der Waals surface area contributed by atoms with Gasteiger partial charge < -0.3 is 4.74 Å². The fourth-order valence-electron chi connectivity index (χ4n) is 7.38. The molecule has 0 aliphatic heterocycles. The van der Waals surface area contributed by atoms with Gasteiger partial charge >= 0.3 is 0 Å². The van der Waals surface area contributed by atoms with E-state index >= 15 is 0 Å². The molecule has 2 nitrogen and oxygen atoms in total. The second kappa shape index (κ2) is 5.58. The number of carbonyl (C=O) groups excluding carboxylic acids is 1. The first-order valence-corrected chi connectivity index (χ1v) is 10.1. The zero-order valence-electron chi connectivity index (χ0n) is 15.3. The largest absolute Gasteiger partial charge is 0.378 e. The third-order valence-electron chi connectivity index (χ3n) is 8.73. The van der Waals surface area contributed by atoms with E-state index in [2.05, 4.69) is 20.8 Å². The van der Waals surface area contributed by atoms with Crippen molar-refractivity contribution in [2.45, 2.75) is 84.7 Å². The zero-order chi connectivity index (χ0) is 16.2. The molecule has 23 heavy (non-hydrogen) atoms. The Hall–Kier alpha value is -0.370. The number of hydrogen-bond donors (Lipinski definition) is 0. The summed E-state index contributed by atoms with van der Waals surface area (Å²) in [5.41, 5.74) is 0.552. The molecule has 0 amide bonds. The van der Waals surface area contributed by atoms with Crippen LogP contribution in [0.1, 0.15) is 78.6 Å². The lowest BCUT2D eigenvalue weighted by Crippen LogP contribution is -2.54. The maximum atomic E-state index is 12.5. The summed E-state index contributed by atoms with van der Waals surface area (Å²) in [6.07, 6.45) is 11.6. The van der Waals surface area contributed by atoms with Gasteiger partial charge in [0.1, 0.15) is 5.78 Å². The van der Waals surface area contributed by atoms with E-state index in [0.717, 1.165) is 37.2 Å². The van der Waals surface area contributed by atoms with E-state index in [4.69, 9.17) is 4.74 Å². The molecule has 0 aromatic carbocycles. The lowest BCUT2D eigenvalue weighted by molar-refractivity contribution is -0.144. The average Bonchev–Trinajstić information content (AvgIpc) is 2.84. The number of ether oxygens (including phenoxy) is 1. The smallest absolute Gasteiger partial charge is 0.139 e. The Kier molecular flexibility index (Phi) is 3.91. The molecule has 0 aromatic rings. The monoisotopic (exact) mass is 318 g/mol. The van der Waals surface area contributed by atoms with Crippen molar-refractivity contribution >= 4 is 5.78 Å². The predicted octanol–water partition coefficient (Wildman–Crippen LogP) is 5.00. The standard InChI is InChI=1S/C21H34O2/c1-4-23-15-9-11-20(2)14(13-15)5-6-16-17-7-8-19(22)21(17,3)12-10-18(16)20/h14-18H,4-13H2,1-3H3/t14?,15-,16+,17+,18+,20+,21+/m1/s1. The van der Waals surface area contributed by atoms with Crippen molar-refractivity contribution in [3.05, 3.63) is 0 Å². The van der Waals surface area contributed by atoms with Gasteiger partial charge in [0.05, 0.1) is 6.10 Å². The van der Waals surface area contributed by atoms with Crippen molar-refractivity contribution in [3.8, 4) is 0 Å². The Balaban J connectivity index is 1.56. The van der Waals surface area contributed by atoms with E-state index in [0.29, 0.717) is 23.2 Å². The minimum atomic E-state index is 0.0346. The van der Waals surface area contributed by atoms with Crippen LogP contribution in [0.4, 0.5) is 0 Å². The summed E-state index contributed by atoms with van der Waals surface area (Å²) < 4.78 is 5.97. The molecule has 0 aromatic heterocycles. The number of carbonyl (C=O) groups is 1. The number of rotatable bonds is 2. The molecule has 0 saturated heterocycles. The number of fused-ring (bicyclic) bond motifs is 5. The highest BCUT2D eigenvalue weighted by Crippen LogP contribution is 2.65. The lowest BCUT2D eigenvalue weighted by Gasteiger charge is -2.60. The van der Waals surface area contributed by atoms with Gasteiger partial charge in [-0.05, 0) is 87.4 Å². The Morgan fingerprint density at radius 1 is 1.04 bits per heavy atom. The van der Waals surface area contributed by atoms with Crippen LogP contribution in [0, 0.1) is 34.5 Å². The van der Waals surface area contributed by atoms with E-state index in [1.54, 1.807) is 0 Å². The van der Waals surface area contributed by atoms with Crippen molar-refractivity contribution < 1.29 is 9.53 Å². The summed E-state index contributed by atoms with van der Waals surface area (Å²) in [5.74, 6) is 3.82. The van der Waals surface area contributed by atoms with Gasteiger partial charge in [-0.15, -0.1) is 0 Å². The SMILES string of the molecule is CCO[C@@H]1CC[C@@]2(C)C(CC[C@@H]3[C@@H]2CC[C@]2(C)C(=O)CC[C@@H]32)C1. The summed E-state index contributed by atoms with van der Waals surface area (Å²) in [6.45, 7) is 7.88. The molecule has 4 fully saturated rings. The van der Waals surface area contributed by atoms with Gasteiger partial charge in [0.2, 0.25) is 0 Å². The fraction of sp³-hybridized carbons (Fsp3) is 0.952. The molecule has 4 saturated carbocycles. The second-order valence-electron chi connectivity index (χ2n) is 9.43. The van der Waals surface area contributed by atoms with Crippen molar-refractivity contribution in [1.29, 1.82) is 0 Å². The minimum Gasteiger partial charge on any atom is -0.378 e. The summed E-state index contributed by atoms with van der Waals surface area (Å²) in [5, 5.41) is 0. The van der Waals surface area contributed by atoms with Crippen LogP contribution in [0.3, 0.4) is 0 Å². The average molecular weight is 319 g/mol. The Morgan fingerprint density at radius 3 is 2.65 bits per heavy atom. The van der Waals surface area contributed by atoms with E-state index in [-0.39, 0.29) is 5.41 Å². The molecule has 0 radical (unpaired) electrons. The van der Waals surface area contributed by atoms with Gasteiger partial charge in [0.25, 0.3) is 0 Å². The van der Waals surface area contributed by atoms with Crippen LogP contribution in [0.2, 0.25) is 0 Å². The predicted molar refractivity (Wildman–Crippen MR) is 92.1 cm³/mol. The van der Waals surface area contributed by atoms with Gasteiger partial charge in [0.15, 0.2) is 0 Å². The number of ketones is 1. The van der Waals surface area contributed by atoms with Gasteiger partial charge in [0, 0.05) is 18.4 Å². The summed E-state index contributed by atoms with van der Waals surface area (Å²) in [6, 6.07) is 0. The molecule has 4 aliphatic rings. The van der Waals surface area contributed by atoms with Crippen LogP contribution in [-0.2, 0) is 9.53 Å². The fourth-order valence-corrected chi connectivity index (χ4v) is 7.38. The molecule has 4 aliphatic carbocycles. The molecule has 0 bridgehead atoms. The van der Waals surface area contributed by atoms with Gasteiger partial charge in [-0.2, -0.15) is 0 Å². The number of hydrogen-bond acceptors (Lipinski definition) is 2. The van der Waals surface area contributed by atoms with Gasteiger partial charge in [-0.3, -0.25) is 4.79 Å². The molecule has 1 unspecified atom stereocenters. The van der Waals surface area contributed by atoms with Crippen molar-refractivity contribution in [2.75, 3.05) is 6.61 Å². The van der Waals surface area contributed by atoms with Crippen LogP contribution in [-0.4, -0.2) is 18.5 Å². The van der Waals surface area contributed by atoms with Crippen LogP contribution < -0.4 is 0 Å². The quantitative estimate of drug-likeness (QED) is 0.716. The highest BCUT2D eigenvalue weighted by atomic mass is 16.5. The molecule has 0 N–H and O–H groups in total. The van der Waals surface area contributed by atoms with E-state index in [9.17, 15) is 4.79 Å². The highest BCUT2D eigenvalue weighted by molar-refractivity contribution is 5.87. The Bertz CT molecular complexity index is 486. The third-order valence-corrected chi connectivity index (χ3v) is 8.73. The summed E-state index contributed by atoms with van der Waals surface area (Å²) in [7, 11) is 0. The Labute approximate surface area is 141 Å². The van der Waals surface area contributed by atoms with Crippen LogP contribution >= 0.6 is 0 Å². The lowest BCUT2D eigenvalue weighted by atomic mass is 9.45. The number of Topliss-reactive ketones (excluding diaryl/α,β-unsaturated/α-hetero) is 1. The molecular formula is C21H34O2. The molecule has 0 heterocycles. The second-order valence-corrected chi connectivity index (χ2v) is 9.43. The van der Waals surface area contributed by atoms with Crippen molar-refractivity contribution in [3.63, 3.8) is 0 Å². The summed E-state index contributed by atoms with van der Waals surface area (Å²) in [4.78, 5) is 12.5. The molecule has 7 atom stereocenters. The van der Waals surface area contributed by atoms with E-state index < -0.39 is 0 Å². The van der Waals surface area contributed by atoms with Crippen LogP contribution in [0.25, 0.3) is 0 Å².